The Hall–Kier alpha value is -3.65. The number of hydrazone groups is 1. The highest BCUT2D eigenvalue weighted by Crippen LogP contribution is 1.76. The van der Waals surface area contributed by atoms with Gasteiger partial charge in [-0.3, -0.25) is 0 Å². The monoisotopic (exact) mass is 295 g/mol. The van der Waals surface area contributed by atoms with Gasteiger partial charge >= 0.3 is 17.1 Å². The quantitative estimate of drug-likeness (QED) is 0.323. The van der Waals surface area contributed by atoms with Gasteiger partial charge in [0.25, 0.3) is 6.08 Å². The maximum atomic E-state index is 11.8. The molecule has 1 heterocycles. The molecule has 108 valence electrons. The minimum atomic E-state index is -1.26. The van der Waals surface area contributed by atoms with Gasteiger partial charge in [0.15, 0.2) is 0 Å². The molecule has 0 aliphatic rings. The van der Waals surface area contributed by atoms with Crippen LogP contribution in [-0.2, 0) is 27.7 Å². The van der Waals surface area contributed by atoms with Crippen LogP contribution < -0.4 is 22.6 Å². The Bertz CT molecular complexity index is 712. The number of aromatic nitrogens is 3. The van der Waals surface area contributed by atoms with Crippen molar-refractivity contribution in [1.29, 1.82) is 0 Å². The van der Waals surface area contributed by atoms with E-state index < -0.39 is 30.4 Å². The van der Waals surface area contributed by atoms with Gasteiger partial charge in [-0.1, -0.05) is 5.10 Å². The van der Waals surface area contributed by atoms with E-state index in [2.05, 4.69) is 15.1 Å². The Kier molecular flexibility index (Phi) is 5.18. The number of carbonyl (C=O) groups excluding carboxylic acids is 3. The number of nitrogens with zero attached hydrogens (tertiary/aromatic N) is 6. The first kappa shape index (κ1) is 15.4. The molecule has 0 unspecified atom stereocenters. The van der Waals surface area contributed by atoms with Gasteiger partial charge in [0, 0.05) is 0 Å². The molecule has 1 aromatic heterocycles. The molecule has 1 N–H and O–H groups in total. The van der Waals surface area contributed by atoms with Crippen molar-refractivity contribution in [3.63, 3.8) is 0 Å². The third kappa shape index (κ3) is 3.22. The van der Waals surface area contributed by atoms with Crippen LogP contribution in [0.5, 0.6) is 0 Å². The molecule has 0 spiro atoms. The molecule has 0 aliphatic carbocycles. The van der Waals surface area contributed by atoms with Crippen molar-refractivity contribution in [2.24, 2.45) is 15.1 Å². The Labute approximate surface area is 113 Å². The topological polar surface area (TPSA) is 166 Å². The first-order valence-electron chi connectivity index (χ1n) is 4.95. The zero-order chi connectivity index (χ0) is 15.8. The van der Waals surface area contributed by atoms with Crippen molar-refractivity contribution in [2.75, 3.05) is 5.53 Å². The van der Waals surface area contributed by atoms with Gasteiger partial charge in [-0.05, 0) is 0 Å². The molecule has 0 saturated heterocycles. The van der Waals surface area contributed by atoms with Crippen LogP contribution in [0.1, 0.15) is 0 Å². The van der Waals surface area contributed by atoms with Crippen LogP contribution in [0.2, 0.25) is 0 Å². The number of rotatable bonds is 6. The van der Waals surface area contributed by atoms with Gasteiger partial charge in [0.2, 0.25) is 12.2 Å². The lowest BCUT2D eigenvalue weighted by Crippen LogP contribution is -2.56. The molecule has 0 amide bonds. The summed E-state index contributed by atoms with van der Waals surface area (Å²) >= 11 is 0. The van der Waals surface area contributed by atoms with Crippen molar-refractivity contribution < 1.29 is 14.4 Å². The van der Waals surface area contributed by atoms with Crippen molar-refractivity contribution in [3.8, 4) is 0 Å². The average molecular weight is 295 g/mol. The van der Waals surface area contributed by atoms with E-state index in [9.17, 15) is 28.8 Å². The van der Waals surface area contributed by atoms with Crippen LogP contribution >= 0.6 is 0 Å². The van der Waals surface area contributed by atoms with Crippen molar-refractivity contribution in [1.82, 2.24) is 13.8 Å². The largest absolute Gasteiger partial charge is 0.358 e. The molecule has 0 saturated carbocycles. The first-order valence-corrected chi connectivity index (χ1v) is 4.95. The molecular formula is C8H5N7O6. The van der Waals surface area contributed by atoms with Crippen molar-refractivity contribution >= 4 is 18.2 Å². The van der Waals surface area contributed by atoms with Crippen LogP contribution in [0.15, 0.2) is 29.5 Å². The number of hydrogen-bond donors (Lipinski definition) is 1. The van der Waals surface area contributed by atoms with E-state index in [1.54, 1.807) is 5.53 Å². The summed E-state index contributed by atoms with van der Waals surface area (Å²) in [6.07, 6.45) is 3.20. The van der Waals surface area contributed by atoms with E-state index in [0.717, 1.165) is 18.2 Å². The van der Waals surface area contributed by atoms with Gasteiger partial charge in [-0.2, -0.15) is 15.5 Å². The summed E-state index contributed by atoms with van der Waals surface area (Å²) in [5, 5.41) is 2.80. The van der Waals surface area contributed by atoms with E-state index in [0.29, 0.717) is 9.13 Å². The van der Waals surface area contributed by atoms with Gasteiger partial charge in [-0.15, -0.1) is 4.68 Å². The highest BCUT2D eigenvalue weighted by Gasteiger charge is 2.14. The minimum Gasteiger partial charge on any atom is -0.247 e. The lowest BCUT2D eigenvalue weighted by molar-refractivity contribution is 0.478. The Balaban J connectivity index is 3.72. The molecule has 0 fully saturated rings. The Morgan fingerprint density at radius 2 is 1.29 bits per heavy atom. The van der Waals surface area contributed by atoms with E-state index in [-0.39, 0.29) is 4.68 Å². The molecule has 1 rings (SSSR count). The fourth-order valence-electron chi connectivity index (χ4n) is 1.23. The molecule has 0 radical (unpaired) electrons. The zero-order valence-electron chi connectivity index (χ0n) is 10.0. The average Bonchev–Trinajstić information content (AvgIpc) is 2.47. The minimum absolute atomic E-state index is 0.160. The summed E-state index contributed by atoms with van der Waals surface area (Å²) in [7, 11) is 0. The van der Waals surface area contributed by atoms with E-state index >= 15 is 0 Å². The summed E-state index contributed by atoms with van der Waals surface area (Å²) < 4.78 is 0.854. The standard InChI is InChI=1S/C8H5N7O6/c16-3-9-1-13-6(19)14(2-10-4-17)8(21)15(7(13)20)12-11-5-18/h12H,1-2H2. The second-order valence-corrected chi connectivity index (χ2v) is 3.12. The van der Waals surface area contributed by atoms with Crippen LogP contribution in [0.3, 0.4) is 0 Å². The zero-order valence-corrected chi connectivity index (χ0v) is 10.0. The van der Waals surface area contributed by atoms with Crippen LogP contribution in [0.25, 0.3) is 0 Å². The van der Waals surface area contributed by atoms with E-state index in [1.165, 1.54) is 0 Å². The molecule has 21 heavy (non-hydrogen) atoms. The number of isocyanates is 3. The third-order valence-electron chi connectivity index (χ3n) is 2.06. The fraction of sp³-hybridized carbons (Fsp3) is 0.250. The predicted molar refractivity (Wildman–Crippen MR) is 62.9 cm³/mol. The lowest BCUT2D eigenvalue weighted by Gasteiger charge is -2.09. The molecule has 0 aromatic carbocycles. The summed E-state index contributed by atoms with van der Waals surface area (Å²) in [6.45, 7) is -1.47. The maximum Gasteiger partial charge on any atom is 0.358 e. The van der Waals surface area contributed by atoms with Gasteiger partial charge in [-0.25, -0.2) is 37.9 Å². The number of aliphatic imine (C=N–C) groups is 2. The summed E-state index contributed by atoms with van der Waals surface area (Å²) in [6, 6.07) is 0. The predicted octanol–water partition coefficient (Wildman–Crippen LogP) is -3.45. The van der Waals surface area contributed by atoms with Gasteiger partial charge in [0.1, 0.15) is 13.3 Å². The molecular weight excluding hydrogens is 290 g/mol. The second kappa shape index (κ2) is 7.07. The second-order valence-electron chi connectivity index (χ2n) is 3.12. The molecule has 13 nitrogen and oxygen atoms in total. The Morgan fingerprint density at radius 1 is 0.810 bits per heavy atom. The van der Waals surface area contributed by atoms with Gasteiger partial charge < -0.3 is 0 Å². The first-order chi connectivity index (χ1) is 10.1. The molecule has 0 atom stereocenters. The summed E-state index contributed by atoms with van der Waals surface area (Å²) in [4.78, 5) is 71.6. The highest BCUT2D eigenvalue weighted by molar-refractivity contribution is 5.33. The highest BCUT2D eigenvalue weighted by atomic mass is 16.2. The number of nitrogens with one attached hydrogen (secondary N) is 1. The maximum absolute atomic E-state index is 11.8. The lowest BCUT2D eigenvalue weighted by atomic mass is 10.8. The van der Waals surface area contributed by atoms with Crippen LogP contribution in [-0.4, -0.2) is 32.1 Å². The SMILES string of the molecule is O=C=NCn1c(=O)n(CN=C=O)c(=O)n(NN=C=O)c1=O. The van der Waals surface area contributed by atoms with E-state index in [4.69, 9.17) is 0 Å². The normalized spacial score (nSPS) is 8.95. The van der Waals surface area contributed by atoms with Crippen molar-refractivity contribution in [3.05, 3.63) is 31.5 Å². The van der Waals surface area contributed by atoms with Gasteiger partial charge in [0.05, 0.1) is 0 Å². The molecule has 1 aromatic rings. The molecule has 0 bridgehead atoms. The smallest absolute Gasteiger partial charge is 0.247 e. The summed E-state index contributed by atoms with van der Waals surface area (Å²) in [5.41, 5.74) is -1.97. The third-order valence-corrected chi connectivity index (χ3v) is 2.06. The molecule has 0 aliphatic heterocycles. The fourth-order valence-corrected chi connectivity index (χ4v) is 1.23. The number of hydrogen-bond acceptors (Lipinski definition) is 10. The van der Waals surface area contributed by atoms with E-state index in [1.807, 2.05) is 0 Å². The van der Waals surface area contributed by atoms with Crippen molar-refractivity contribution in [2.45, 2.75) is 13.3 Å². The Morgan fingerprint density at radius 3 is 1.67 bits per heavy atom. The van der Waals surface area contributed by atoms with Crippen LogP contribution in [0.4, 0.5) is 0 Å². The van der Waals surface area contributed by atoms with Crippen LogP contribution in [0, 0.1) is 0 Å². The molecule has 13 heteroatoms. The summed E-state index contributed by atoms with van der Waals surface area (Å²) in [5.74, 6) is 0.